The van der Waals surface area contributed by atoms with Crippen molar-refractivity contribution in [3.63, 3.8) is 0 Å². The average molecular weight is 629 g/mol. The molecule has 1 aliphatic carbocycles. The van der Waals surface area contributed by atoms with E-state index in [9.17, 15) is 14.4 Å². The number of halogens is 3. The number of piperidine rings is 1. The quantitative estimate of drug-likeness (QED) is 0.252. The number of nitrogens with zero attached hydrogens (tertiary/aromatic N) is 5. The van der Waals surface area contributed by atoms with E-state index in [1.807, 2.05) is 19.1 Å². The van der Waals surface area contributed by atoms with Crippen molar-refractivity contribution in [1.29, 1.82) is 0 Å². The molecule has 3 unspecified atom stereocenters. The summed E-state index contributed by atoms with van der Waals surface area (Å²) in [4.78, 5) is 43.0. The summed E-state index contributed by atoms with van der Waals surface area (Å²) in [6.07, 6.45) is 8.12. The second kappa shape index (κ2) is 11.8. The number of aryl methyl sites for hydroxylation is 1. The van der Waals surface area contributed by atoms with Gasteiger partial charge in [0.1, 0.15) is 11.4 Å². The molecule has 3 atom stereocenters. The number of hydrogen-bond donors (Lipinski definition) is 0. The van der Waals surface area contributed by atoms with Gasteiger partial charge in [0.2, 0.25) is 11.8 Å². The highest BCUT2D eigenvalue weighted by molar-refractivity contribution is 6.40. The zero-order valence-electron chi connectivity index (χ0n) is 22.8. The average Bonchev–Trinajstić information content (AvgIpc) is 3.54. The van der Waals surface area contributed by atoms with Crippen molar-refractivity contribution in [3.8, 4) is 5.69 Å². The van der Waals surface area contributed by atoms with Crippen molar-refractivity contribution in [2.45, 2.75) is 45.3 Å². The van der Waals surface area contributed by atoms with Crippen LogP contribution in [-0.4, -0.2) is 56.8 Å². The van der Waals surface area contributed by atoms with Crippen LogP contribution >= 0.6 is 34.8 Å². The summed E-state index contributed by atoms with van der Waals surface area (Å²) < 4.78 is 7.60. The van der Waals surface area contributed by atoms with Crippen molar-refractivity contribution in [2.24, 2.45) is 11.8 Å². The topological polar surface area (TPSA) is 97.6 Å². The highest BCUT2D eigenvalue weighted by atomic mass is 35.5. The van der Waals surface area contributed by atoms with Gasteiger partial charge in [0.15, 0.2) is 0 Å². The van der Waals surface area contributed by atoms with Gasteiger partial charge in [0.25, 0.3) is 5.91 Å². The number of carbonyl (C=O) groups excluding carboxylic acids is 3. The van der Waals surface area contributed by atoms with Crippen LogP contribution in [0, 0.1) is 18.8 Å². The van der Waals surface area contributed by atoms with Crippen LogP contribution in [0.4, 0.5) is 5.69 Å². The van der Waals surface area contributed by atoms with Crippen LogP contribution in [-0.2, 0) is 20.9 Å². The van der Waals surface area contributed by atoms with E-state index in [1.165, 1.54) is 9.58 Å². The highest BCUT2D eigenvalue weighted by Crippen LogP contribution is 2.39. The molecule has 3 aromatic rings. The first-order valence-electron chi connectivity index (χ1n) is 13.8. The number of carbonyl (C=O) groups is 3. The van der Waals surface area contributed by atoms with Crippen molar-refractivity contribution >= 4 is 58.2 Å². The van der Waals surface area contributed by atoms with E-state index in [-0.39, 0.29) is 42.3 Å². The van der Waals surface area contributed by atoms with Crippen LogP contribution in [0.25, 0.3) is 5.69 Å². The van der Waals surface area contributed by atoms with E-state index in [1.54, 1.807) is 41.4 Å². The van der Waals surface area contributed by atoms with Gasteiger partial charge in [0, 0.05) is 23.7 Å². The molecule has 0 saturated carbocycles. The Labute approximate surface area is 258 Å². The molecule has 0 bridgehead atoms. The van der Waals surface area contributed by atoms with Crippen LogP contribution < -0.4 is 4.90 Å². The Balaban J connectivity index is 1.12. The number of hydrogen-bond acceptors (Lipinski definition) is 6. The molecule has 3 amide bonds. The minimum atomic E-state index is -0.331. The highest BCUT2D eigenvalue weighted by Gasteiger charge is 2.48. The van der Waals surface area contributed by atoms with E-state index in [0.717, 1.165) is 18.4 Å². The number of rotatable bonds is 6. The summed E-state index contributed by atoms with van der Waals surface area (Å²) in [5.41, 5.74) is 2.75. The number of amides is 3. The van der Waals surface area contributed by atoms with Crippen molar-refractivity contribution in [3.05, 3.63) is 80.6 Å². The molecule has 218 valence electrons. The van der Waals surface area contributed by atoms with Gasteiger partial charge < -0.3 is 9.64 Å². The maximum absolute atomic E-state index is 13.6. The van der Waals surface area contributed by atoms with Crippen LogP contribution in [0.15, 0.2) is 48.7 Å². The van der Waals surface area contributed by atoms with E-state index in [0.29, 0.717) is 63.6 Å². The molecule has 2 fully saturated rings. The molecule has 1 aromatic heterocycles. The largest absolute Gasteiger partial charge is 0.370 e. The summed E-state index contributed by atoms with van der Waals surface area (Å²) in [5.74, 6) is -1.20. The molecule has 2 saturated heterocycles. The van der Waals surface area contributed by atoms with Crippen LogP contribution in [0.5, 0.6) is 0 Å². The van der Waals surface area contributed by atoms with Crippen molar-refractivity contribution in [2.75, 3.05) is 18.0 Å². The third-order valence-electron chi connectivity index (χ3n) is 8.09. The Hall–Kier alpha value is -3.24. The number of fused-ring (bicyclic) bond motifs is 1. The van der Waals surface area contributed by atoms with Gasteiger partial charge in [-0.15, -0.1) is 5.10 Å². The Morgan fingerprint density at radius 3 is 2.40 bits per heavy atom. The lowest BCUT2D eigenvalue weighted by atomic mass is 9.85. The van der Waals surface area contributed by atoms with Gasteiger partial charge in [-0.3, -0.25) is 14.4 Å². The second-order valence-corrected chi connectivity index (χ2v) is 12.1. The lowest BCUT2D eigenvalue weighted by Crippen LogP contribution is -2.43. The smallest absolute Gasteiger partial charge is 0.254 e. The standard InChI is InChI=1S/C30H28Cl3N5O4/c1-17-8-9-18(11-26(17)38-29(40)22-6-2-3-7-23(22)30(38)41)28(39)36-10-4-5-21(15-36)42-16-20-14-37(35-34-20)27-24(32)12-19(31)13-25(27)33/h2-3,8-9,11-14,21-23H,4-7,10,15-16H2,1H3. The summed E-state index contributed by atoms with van der Waals surface area (Å²) in [7, 11) is 0. The summed E-state index contributed by atoms with van der Waals surface area (Å²) in [6, 6.07) is 8.38. The van der Waals surface area contributed by atoms with Crippen molar-refractivity contribution < 1.29 is 19.1 Å². The molecule has 3 aliphatic rings. The SMILES string of the molecule is Cc1ccc(C(=O)N2CCCC(OCc3cn(-c4c(Cl)cc(Cl)cc4Cl)nn3)C2)cc1N1C(=O)C2CC=CCC2C1=O. The predicted molar refractivity (Wildman–Crippen MR) is 159 cm³/mol. The number of imide groups is 1. The normalized spacial score (nSPS) is 22.1. The maximum Gasteiger partial charge on any atom is 0.254 e. The van der Waals surface area contributed by atoms with Crippen molar-refractivity contribution in [1.82, 2.24) is 19.9 Å². The molecule has 0 N–H and O–H groups in total. The Bertz CT molecular complexity index is 1560. The van der Waals surface area contributed by atoms with E-state index >= 15 is 0 Å². The van der Waals surface area contributed by atoms with Gasteiger partial charge in [-0.05, 0) is 62.4 Å². The molecule has 0 spiro atoms. The number of aromatic nitrogens is 3. The van der Waals surface area contributed by atoms with Gasteiger partial charge in [0.05, 0.1) is 46.5 Å². The summed E-state index contributed by atoms with van der Waals surface area (Å²) in [5, 5.41) is 9.41. The minimum absolute atomic E-state index is 0.166. The number of allylic oxidation sites excluding steroid dienone is 2. The number of ether oxygens (including phenoxy) is 1. The second-order valence-electron chi connectivity index (χ2n) is 10.9. The molecule has 12 heteroatoms. The maximum atomic E-state index is 13.6. The first-order chi connectivity index (χ1) is 20.2. The lowest BCUT2D eigenvalue weighted by molar-refractivity contribution is -0.122. The lowest BCUT2D eigenvalue weighted by Gasteiger charge is -2.33. The first kappa shape index (κ1) is 28.9. The number of benzene rings is 2. The van der Waals surface area contributed by atoms with Gasteiger partial charge >= 0.3 is 0 Å². The number of likely N-dealkylation sites (tertiary alicyclic amines) is 1. The molecule has 2 aromatic carbocycles. The Morgan fingerprint density at radius 2 is 1.71 bits per heavy atom. The summed E-state index contributed by atoms with van der Waals surface area (Å²) in [6.45, 7) is 3.03. The zero-order valence-corrected chi connectivity index (χ0v) is 25.1. The van der Waals surface area contributed by atoms with E-state index in [2.05, 4.69) is 10.3 Å². The molecule has 9 nitrogen and oxygen atoms in total. The Morgan fingerprint density at radius 1 is 1.02 bits per heavy atom. The molecule has 0 radical (unpaired) electrons. The molecule has 3 heterocycles. The zero-order chi connectivity index (χ0) is 29.5. The monoisotopic (exact) mass is 627 g/mol. The molecular weight excluding hydrogens is 601 g/mol. The van der Waals surface area contributed by atoms with Gasteiger partial charge in [-0.1, -0.05) is 58.2 Å². The van der Waals surface area contributed by atoms with Crippen LogP contribution in [0.3, 0.4) is 0 Å². The first-order valence-corrected chi connectivity index (χ1v) is 14.9. The van der Waals surface area contributed by atoms with Gasteiger partial charge in [-0.2, -0.15) is 0 Å². The molecular formula is C30H28Cl3N5O4. The third kappa shape index (κ3) is 5.46. The van der Waals surface area contributed by atoms with Crippen LogP contribution in [0.1, 0.15) is 47.3 Å². The van der Waals surface area contributed by atoms with E-state index in [4.69, 9.17) is 39.5 Å². The Kier molecular flexibility index (Phi) is 8.11. The minimum Gasteiger partial charge on any atom is -0.370 e. The fourth-order valence-electron chi connectivity index (χ4n) is 5.89. The predicted octanol–water partition coefficient (Wildman–Crippen LogP) is 5.81. The van der Waals surface area contributed by atoms with Gasteiger partial charge in [-0.25, -0.2) is 9.58 Å². The summed E-state index contributed by atoms with van der Waals surface area (Å²) >= 11 is 18.6. The number of anilines is 1. The molecule has 6 rings (SSSR count). The molecule has 42 heavy (non-hydrogen) atoms. The third-order valence-corrected chi connectivity index (χ3v) is 8.88. The van der Waals surface area contributed by atoms with Crippen LogP contribution in [0.2, 0.25) is 15.1 Å². The van der Waals surface area contributed by atoms with E-state index < -0.39 is 0 Å². The fourth-order valence-corrected chi connectivity index (χ4v) is 6.88. The molecule has 2 aliphatic heterocycles. The fraction of sp³-hybridized carbons (Fsp3) is 0.367.